The van der Waals surface area contributed by atoms with Crippen molar-refractivity contribution in [1.82, 2.24) is 9.13 Å². The van der Waals surface area contributed by atoms with E-state index < -0.39 is 34.2 Å². The minimum atomic E-state index is -1.63. The van der Waals surface area contributed by atoms with Crippen LogP contribution in [0.25, 0.3) is 32.4 Å². The number of carbonyl (C=O) groups is 2. The van der Waals surface area contributed by atoms with Gasteiger partial charge in [-0.3, -0.25) is 0 Å². The molecule has 8 aromatic carbocycles. The molecule has 508 valence electrons. The van der Waals surface area contributed by atoms with Gasteiger partial charge in [-0.2, -0.15) is 0 Å². The summed E-state index contributed by atoms with van der Waals surface area (Å²) >= 11 is 5.73. The fraction of sp³-hybridized carbons (Fsp3) is 0.244. The van der Waals surface area contributed by atoms with Crippen LogP contribution >= 0.6 is 73.5 Å². The van der Waals surface area contributed by atoms with Crippen molar-refractivity contribution in [3.05, 3.63) is 280 Å². The topological polar surface area (TPSA) is 62.5 Å². The second-order valence-corrected chi connectivity index (χ2v) is 49.5. The second-order valence-electron chi connectivity index (χ2n) is 24.6. The van der Waals surface area contributed by atoms with Crippen LogP contribution in [0.3, 0.4) is 0 Å². The van der Waals surface area contributed by atoms with Crippen LogP contribution in [-0.2, 0) is 39.5 Å². The minimum absolute atomic E-state index is 0. The average molecular weight is 1670 g/mol. The van der Waals surface area contributed by atoms with Gasteiger partial charge in [-0.1, -0.05) is 246 Å². The largest absolute Gasteiger partial charge is 0.0622 e. The molecule has 15 heteroatoms. The molecule has 2 saturated carbocycles. The summed E-state index contributed by atoms with van der Waals surface area (Å²) in [5.41, 5.74) is 7.62. The normalized spacial score (nSPS) is 13.0. The number of thiophene rings is 2. The summed E-state index contributed by atoms with van der Waals surface area (Å²) in [6, 6.07) is 85.3. The molecule has 12 aromatic rings. The van der Waals surface area contributed by atoms with Crippen molar-refractivity contribution in [2.24, 2.45) is 14.1 Å². The van der Waals surface area contributed by atoms with Gasteiger partial charge in [0.1, 0.15) is 0 Å². The summed E-state index contributed by atoms with van der Waals surface area (Å²) < 4.78 is 16.9. The monoisotopic (exact) mass is 1670 g/mol. The van der Waals surface area contributed by atoms with E-state index in [1.807, 2.05) is 42.6 Å². The van der Waals surface area contributed by atoms with Crippen LogP contribution in [0.2, 0.25) is 14.8 Å². The van der Waals surface area contributed by atoms with E-state index in [4.69, 9.17) is 28.5 Å². The fourth-order valence-electron chi connectivity index (χ4n) is 12.7. The zero-order valence-corrected chi connectivity index (χ0v) is 66.6. The fourth-order valence-corrected chi connectivity index (χ4v) is 25.0. The van der Waals surface area contributed by atoms with Crippen molar-refractivity contribution in [3.8, 4) is 10.6 Å². The van der Waals surface area contributed by atoms with Crippen LogP contribution in [0.15, 0.2) is 258 Å². The molecule has 97 heavy (non-hydrogen) atoms. The van der Waals surface area contributed by atoms with Crippen molar-refractivity contribution in [2.45, 2.75) is 98.3 Å². The van der Waals surface area contributed by atoms with E-state index in [-0.39, 0.29) is 35.3 Å². The Balaban J connectivity index is 0.000000156. The molecule has 0 bridgehead atoms. The number of aryl methyl sites for hydroxylation is 2. The zero-order chi connectivity index (χ0) is 67.8. The molecule has 2 aliphatic carbocycles. The molecule has 0 amide bonds. The molecule has 4 aromatic heterocycles. The summed E-state index contributed by atoms with van der Waals surface area (Å²) in [5, 5.41) is 15.2. The summed E-state index contributed by atoms with van der Waals surface area (Å²) in [5.74, 6) is 0.674. The van der Waals surface area contributed by atoms with Gasteiger partial charge in [0.2, 0.25) is 0 Å². The molecule has 0 atom stereocenters. The number of esters is 2. The van der Waals surface area contributed by atoms with E-state index in [1.54, 1.807) is 14.2 Å². The number of hydrogen-bond donors (Lipinski definition) is 0. The van der Waals surface area contributed by atoms with E-state index in [9.17, 15) is 9.59 Å². The number of carbonyl (C=O) groups excluding carboxylic acids is 2. The maximum atomic E-state index is 12.0. The van der Waals surface area contributed by atoms with Gasteiger partial charge in [0, 0.05) is 35.9 Å². The molecule has 0 saturated heterocycles. The molecule has 2 aliphatic rings. The first kappa shape index (κ1) is 77.3. The van der Waals surface area contributed by atoms with Crippen molar-refractivity contribution < 1.29 is 35.0 Å². The maximum Gasteiger partial charge on any atom is -0.0134 e. The van der Waals surface area contributed by atoms with E-state index in [0.29, 0.717) is 23.0 Å². The predicted molar refractivity (Wildman–Crippen MR) is 427 cm³/mol. The van der Waals surface area contributed by atoms with Crippen molar-refractivity contribution in [3.63, 3.8) is 0 Å². The van der Waals surface area contributed by atoms with Crippen molar-refractivity contribution in [1.29, 1.82) is 0 Å². The number of fused-ring (bicyclic) bond motifs is 2. The quantitative estimate of drug-likeness (QED) is 0.0695. The third-order valence-electron chi connectivity index (χ3n) is 17.4. The van der Waals surface area contributed by atoms with E-state index in [2.05, 4.69) is 276 Å². The van der Waals surface area contributed by atoms with Crippen LogP contribution in [0.4, 0.5) is 0 Å². The smallest absolute Gasteiger partial charge is 0.0134 e. The van der Waals surface area contributed by atoms with Crippen molar-refractivity contribution in [2.75, 3.05) is 14.2 Å². The van der Waals surface area contributed by atoms with Crippen LogP contribution in [0.1, 0.15) is 115 Å². The van der Waals surface area contributed by atoms with Gasteiger partial charge in [-0.15, -0.1) is 11.3 Å². The van der Waals surface area contributed by atoms with Gasteiger partial charge >= 0.3 is 112 Å². The number of methoxy groups -OCH3 is 2. The van der Waals surface area contributed by atoms with Crippen LogP contribution < -0.4 is 34.7 Å². The third-order valence-corrected chi connectivity index (χ3v) is 34.6. The van der Waals surface area contributed by atoms with Crippen LogP contribution in [0, 0.1) is 0 Å². The van der Waals surface area contributed by atoms with Gasteiger partial charge in [0.05, 0.1) is 40.5 Å². The Morgan fingerprint density at radius 1 is 0.464 bits per heavy atom. The first-order valence-corrected chi connectivity index (χ1v) is 51.9. The van der Waals surface area contributed by atoms with Crippen molar-refractivity contribution >= 4 is 160 Å². The molecule has 0 unspecified atom stereocenters. The summed E-state index contributed by atoms with van der Waals surface area (Å²) in [6.07, 6.45) is 13.0. The molecular weight excluding hydrogens is 1580 g/mol. The van der Waals surface area contributed by atoms with Gasteiger partial charge in [-0.05, 0) is 148 Å². The standard InChI is InChI=1S/C21H23NO2S.2C18H15P.C17H20BrNO2.C4H3S.CH4.3CH3.2ClH.Pd.Sn/c1-22-17-13-15(21(23)24-2)10-11-16(17)19(14-7-4-3-5-8-14)20(22)18-9-6-12-25-18;2*1-4-10-16(11-5-1)19(17-12-6-2-7-13-17)18-14-8-3-9-15-18;1-19-14-10-12(17(20)21-2)8-9-13(14)15(16(19)18)11-6-4-3-5-7-11;1-2-4-5-3-1;;;;;;;;/h6,9-14H,3-5,7-8H2,1-2H3;2*1-15H;8-11H,3-7H2,1-2H3;1-3H;1H4;3*1H3;2*1H;;/q;;;;;;;;;;;+2;/p-2. The molecule has 2 fully saturated rings. The molecule has 14 rings (SSSR count). The Bertz CT molecular complexity index is 3980. The summed E-state index contributed by atoms with van der Waals surface area (Å²) in [4.78, 5) is 32.3. The molecule has 0 spiro atoms. The maximum absolute atomic E-state index is 12.0. The number of benzene rings is 8. The average Bonchev–Trinajstić information content (AvgIpc) is 1.60. The Kier molecular flexibility index (Phi) is 31.5. The number of hydrogen-bond acceptors (Lipinski definition) is 6. The SMILES string of the molecule is C.COC(=O)c1ccc2c(C3CCCCC3)c(-c3cccs3)n(C)c2c1.COC(=O)c1ccc2c(C3CCCCC3)c(Br)n(C)c2c1.[CH3][Sn]([CH3])([CH3])[c]1cccs1.[Cl][Pd][Cl].c1ccc(P(c2ccccc2)c2ccccc2)cc1.c1ccc(P(c2ccccc2)c2ccccc2)cc1. The van der Waals surface area contributed by atoms with Crippen LogP contribution in [-0.4, -0.2) is 53.7 Å². The predicted octanol–water partition coefficient (Wildman–Crippen LogP) is 21.7. The van der Waals surface area contributed by atoms with Gasteiger partial charge in [0.15, 0.2) is 0 Å². The van der Waals surface area contributed by atoms with Gasteiger partial charge < -0.3 is 18.6 Å². The zero-order valence-electron chi connectivity index (χ0n) is 55.7. The molecule has 4 heterocycles. The number of halogens is 3. The van der Waals surface area contributed by atoms with Gasteiger partial charge in [0.25, 0.3) is 0 Å². The Labute approximate surface area is 615 Å². The minimum Gasteiger partial charge on any atom is -0.0622 e. The number of rotatable bonds is 12. The molecule has 0 radical (unpaired) electrons. The first-order valence-electron chi connectivity index (χ1n) is 32.6. The van der Waals surface area contributed by atoms with Crippen LogP contribution in [0.5, 0.6) is 0 Å². The Morgan fingerprint density at radius 2 is 0.794 bits per heavy atom. The Morgan fingerprint density at radius 3 is 1.10 bits per heavy atom. The third kappa shape index (κ3) is 20.9. The summed E-state index contributed by atoms with van der Waals surface area (Å²) in [7, 11) is 15.7. The second kappa shape index (κ2) is 39.5. The van der Waals surface area contributed by atoms with E-state index >= 15 is 0 Å². The first-order chi connectivity index (χ1) is 46.8. The number of aromatic nitrogens is 2. The molecule has 6 nitrogen and oxygen atoms in total. The van der Waals surface area contributed by atoms with E-state index in [0.717, 1.165) is 15.6 Å². The molecular formula is C82H89BrCl2N2O4P2PdS2Sn. The van der Waals surface area contributed by atoms with E-state index in [1.165, 1.54) is 143 Å². The molecule has 0 N–H and O–H groups in total. The summed E-state index contributed by atoms with van der Waals surface area (Å²) in [6.45, 7) is 0. The van der Waals surface area contributed by atoms with Gasteiger partial charge in [-0.25, -0.2) is 9.59 Å². The number of nitrogens with zero attached hydrogens (tertiary/aromatic N) is 2. The molecule has 0 aliphatic heterocycles. The number of ether oxygens (including phenoxy) is 2. The Hall–Kier alpha value is -5.44.